The zero-order chi connectivity index (χ0) is 55.0. The number of aromatic nitrogens is 5. The number of ether oxygens (including phenoxy) is 1. The second kappa shape index (κ2) is 24.7. The lowest BCUT2D eigenvalue weighted by Crippen LogP contribution is -2.26. The number of hydrogen-bond acceptors (Lipinski definition) is 11. The third-order valence-corrected chi connectivity index (χ3v) is 13.7. The summed E-state index contributed by atoms with van der Waals surface area (Å²) in [6.07, 6.45) is -8.42. The number of fused-ring (bicyclic) bond motifs is 2. The SMILES string of the molecule is CNC(Cc1cc(F)cc(F)c1)c1nc(C#CC(C)(C)SC)ccc1-c1ccc(Cl)c2c(N(SC)C(=O)OCCCP(=O)(O)O)nn(CC(F)(F)F)c12.CO.C[C@H]1CC(F)(F)c2c1c(C(F)(F)F)nn2CC=O. The molecule has 0 fully saturated rings. The largest absolute Gasteiger partial charge is 0.448 e. The van der Waals surface area contributed by atoms with Crippen LogP contribution in [-0.2, 0) is 45.7 Å². The lowest BCUT2D eigenvalue weighted by Gasteiger charge is -2.21. The minimum Gasteiger partial charge on any atom is -0.448 e. The van der Waals surface area contributed by atoms with Gasteiger partial charge in [-0.15, -0.1) is 11.8 Å². The van der Waals surface area contributed by atoms with Crippen molar-refractivity contribution in [3.05, 3.63) is 93.0 Å². The van der Waals surface area contributed by atoms with E-state index in [1.54, 1.807) is 19.2 Å². The Labute approximate surface area is 425 Å². The van der Waals surface area contributed by atoms with Gasteiger partial charge in [0.2, 0.25) is 0 Å². The van der Waals surface area contributed by atoms with Crippen molar-refractivity contribution >= 4 is 72.0 Å². The van der Waals surface area contributed by atoms with Crippen LogP contribution in [0.5, 0.6) is 0 Å². The van der Waals surface area contributed by atoms with Gasteiger partial charge in [-0.3, -0.25) is 13.9 Å². The van der Waals surface area contributed by atoms with E-state index < -0.39 is 103 Å². The molecule has 0 radical (unpaired) electrons. The minimum absolute atomic E-state index is 0.0241. The lowest BCUT2D eigenvalue weighted by molar-refractivity contribution is -0.143. The van der Waals surface area contributed by atoms with Gasteiger partial charge in [0.25, 0.3) is 5.92 Å². The van der Waals surface area contributed by atoms with Crippen LogP contribution in [-0.4, -0.2) is 102 Å². The standard InChI is InChI=1S/C34H36ClF5N5O5PS2.C10H9F5N2O.CH4O/c1-33(2,52-4)12-11-23-7-8-24(29(42-23)27(41-3)17-20-15-21(36)18-22(37)16-20)25-9-10-26(35)28-30(25)44(19-34(38,39)40)43-31(28)45(53-5)32(46)50-13-6-14-51(47,48)49;1-5-4-9(11,12)8-6(5)7(10(13,14)15)16-17(8)2-3-18;1-2/h7-10,15-16,18,27,41H,6,13-14,17,19H2,1-5H3,(H2,47,48,49);3,5H,2,4H2,1H3;2H,1H3/t;5-;/m.0./s1. The monoisotopic (exact) mass is 1120 g/mol. The molecule has 2 atom stereocenters. The quantitative estimate of drug-likeness (QED) is 0.0194. The van der Waals surface area contributed by atoms with Gasteiger partial charge in [-0.2, -0.15) is 49.6 Å². The van der Waals surface area contributed by atoms with Gasteiger partial charge >= 0.3 is 26.0 Å². The van der Waals surface area contributed by atoms with Crippen molar-refractivity contribution in [2.24, 2.45) is 0 Å². The maximum atomic E-state index is 14.2. The third-order valence-electron chi connectivity index (χ3n) is 10.7. The van der Waals surface area contributed by atoms with Gasteiger partial charge in [-0.05, 0) is 99.7 Å². The van der Waals surface area contributed by atoms with E-state index in [1.807, 2.05) is 20.1 Å². The summed E-state index contributed by atoms with van der Waals surface area (Å²) in [7, 11) is -1.76. The van der Waals surface area contributed by atoms with Crippen molar-refractivity contribution in [3.8, 4) is 23.0 Å². The smallest absolute Gasteiger partial charge is 0.435 e. The average Bonchev–Trinajstić information content (AvgIpc) is 3.94. The van der Waals surface area contributed by atoms with E-state index in [2.05, 4.69) is 27.4 Å². The highest BCUT2D eigenvalue weighted by molar-refractivity contribution is 8.00. The molecule has 6 rings (SSSR count). The van der Waals surface area contributed by atoms with Gasteiger partial charge < -0.3 is 29.7 Å². The molecule has 4 N–H and O–H groups in total. The van der Waals surface area contributed by atoms with E-state index in [0.717, 1.165) is 29.4 Å². The van der Waals surface area contributed by atoms with Gasteiger partial charge in [0.15, 0.2) is 11.5 Å². The van der Waals surface area contributed by atoms with Crippen LogP contribution < -0.4 is 9.62 Å². The summed E-state index contributed by atoms with van der Waals surface area (Å²) in [5, 5.41) is 17.4. The molecule has 0 saturated carbocycles. The van der Waals surface area contributed by atoms with Crippen molar-refractivity contribution in [2.45, 2.75) is 88.1 Å². The Morgan fingerprint density at radius 3 is 2.22 bits per heavy atom. The first kappa shape index (κ1) is 60.7. The van der Waals surface area contributed by atoms with Gasteiger partial charge in [0, 0.05) is 42.5 Å². The lowest BCUT2D eigenvalue weighted by atomic mass is 9.94. The summed E-state index contributed by atoms with van der Waals surface area (Å²) in [5.41, 5.74) is -1.26. The van der Waals surface area contributed by atoms with Crippen LogP contribution in [0.15, 0.2) is 42.5 Å². The second-order valence-corrected chi connectivity index (χ2v) is 20.8. The van der Waals surface area contributed by atoms with Crippen molar-refractivity contribution in [3.63, 3.8) is 0 Å². The average molecular weight is 1120 g/mol. The molecule has 0 bridgehead atoms. The first-order chi connectivity index (χ1) is 33.9. The highest BCUT2D eigenvalue weighted by atomic mass is 35.5. The Balaban J connectivity index is 0.000000480. The normalized spacial score (nSPS) is 14.8. The first-order valence-corrected chi connectivity index (χ1v) is 26.0. The molecule has 1 aliphatic carbocycles. The van der Waals surface area contributed by atoms with Crippen LogP contribution in [0.1, 0.15) is 79.5 Å². The molecule has 3 heterocycles. The number of carbonyl (C=O) groups is 2. The number of likely N-dealkylation sites (N-methyl/N-ethyl adjacent to an activating group) is 1. The molecule has 0 saturated heterocycles. The maximum Gasteiger partial charge on any atom is 0.435 e. The van der Waals surface area contributed by atoms with E-state index in [0.29, 0.717) is 26.3 Å². The summed E-state index contributed by atoms with van der Waals surface area (Å²) >= 11 is 8.94. The Morgan fingerprint density at radius 1 is 1.04 bits per heavy atom. The zero-order valence-corrected chi connectivity index (χ0v) is 43.1. The molecule has 0 spiro atoms. The summed E-state index contributed by atoms with van der Waals surface area (Å²) in [6.45, 7) is 2.57. The van der Waals surface area contributed by atoms with Crippen molar-refractivity contribution in [1.29, 1.82) is 0 Å². The van der Waals surface area contributed by atoms with Crippen LogP contribution in [0, 0.1) is 23.5 Å². The van der Waals surface area contributed by atoms with E-state index >= 15 is 0 Å². The fourth-order valence-electron chi connectivity index (χ4n) is 7.57. The number of amides is 1. The predicted molar refractivity (Wildman–Crippen MR) is 258 cm³/mol. The number of benzene rings is 2. The number of nitrogens with one attached hydrogen (secondary N) is 1. The van der Waals surface area contributed by atoms with Crippen LogP contribution in [0.2, 0.25) is 5.02 Å². The molecule has 28 heteroatoms. The van der Waals surface area contributed by atoms with Crippen molar-refractivity contribution < 1.29 is 77.7 Å². The molecule has 1 unspecified atom stereocenters. The Morgan fingerprint density at radius 2 is 1.67 bits per heavy atom. The second-order valence-electron chi connectivity index (χ2n) is 16.4. The van der Waals surface area contributed by atoms with Crippen LogP contribution in [0.4, 0.5) is 54.5 Å². The highest BCUT2D eigenvalue weighted by Crippen LogP contribution is 2.52. The van der Waals surface area contributed by atoms with E-state index in [1.165, 1.54) is 49.2 Å². The number of rotatable bonds is 15. The highest BCUT2D eigenvalue weighted by Gasteiger charge is 2.53. The van der Waals surface area contributed by atoms with Crippen molar-refractivity contribution in [2.75, 3.05) is 43.7 Å². The topological polar surface area (TPSA) is 185 Å². The summed E-state index contributed by atoms with van der Waals surface area (Å²) in [6, 6.07) is 8.50. The zero-order valence-electron chi connectivity index (χ0n) is 39.8. The van der Waals surface area contributed by atoms with E-state index in [9.17, 15) is 58.1 Å². The number of aliphatic hydroxyl groups excluding tert-OH is 1. The fourth-order valence-corrected chi connectivity index (χ4v) is 9.00. The fraction of sp³-hybridized carbons (Fsp3) is 0.444. The molecule has 14 nitrogen and oxygen atoms in total. The minimum atomic E-state index is -4.80. The molecular formula is C45H49ClF10N7O7PS2. The Kier molecular flexibility index (Phi) is 20.5. The number of aldehydes is 1. The molecule has 73 heavy (non-hydrogen) atoms. The first-order valence-electron chi connectivity index (χ1n) is 21.4. The third kappa shape index (κ3) is 15.6. The molecule has 3 aromatic heterocycles. The van der Waals surface area contributed by atoms with E-state index in [4.69, 9.17) is 36.2 Å². The van der Waals surface area contributed by atoms with Crippen molar-refractivity contribution in [1.82, 2.24) is 29.9 Å². The maximum absolute atomic E-state index is 14.2. The summed E-state index contributed by atoms with van der Waals surface area (Å²) < 4.78 is 154. The number of carbonyl (C=O) groups excluding carboxylic acids is 2. The summed E-state index contributed by atoms with van der Waals surface area (Å²) in [5.74, 6) is 0.0261. The Bertz CT molecular complexity index is 2870. The molecular weight excluding hydrogens is 1070 g/mol. The number of hydrogen-bond donors (Lipinski definition) is 4. The number of anilines is 1. The summed E-state index contributed by atoms with van der Waals surface area (Å²) in [4.78, 5) is 46.6. The number of alkyl halides is 8. The number of aliphatic hydroxyl groups is 1. The number of pyridine rings is 1. The van der Waals surface area contributed by atoms with Gasteiger partial charge in [0.05, 0.1) is 51.7 Å². The number of halogens is 11. The van der Waals surface area contributed by atoms with Gasteiger partial charge in [-0.1, -0.05) is 30.5 Å². The number of nitrogens with zero attached hydrogens (tertiary/aromatic N) is 6. The van der Waals surface area contributed by atoms with Crippen LogP contribution in [0.3, 0.4) is 0 Å². The van der Waals surface area contributed by atoms with E-state index in [-0.39, 0.29) is 58.6 Å². The molecule has 400 valence electrons. The Hall–Kier alpha value is -4.87. The molecule has 0 aliphatic heterocycles. The molecule has 2 aromatic carbocycles. The molecule has 1 amide bonds. The van der Waals surface area contributed by atoms with Gasteiger partial charge in [0.1, 0.15) is 35.9 Å². The predicted octanol–water partition coefficient (Wildman–Crippen LogP) is 10.7. The van der Waals surface area contributed by atoms with Crippen LogP contribution in [0.25, 0.3) is 22.0 Å². The molecule has 5 aromatic rings. The van der Waals surface area contributed by atoms with Gasteiger partial charge in [-0.25, -0.2) is 18.6 Å². The van der Waals surface area contributed by atoms with Crippen LogP contribution >= 0.6 is 42.9 Å². The number of thioether (sulfide) groups is 1. The molecule has 1 aliphatic rings.